The molecule has 5 heteroatoms. The van der Waals surface area contributed by atoms with Gasteiger partial charge in [0, 0.05) is 36.6 Å². The number of nitrogens with zero attached hydrogens (tertiary/aromatic N) is 2. The van der Waals surface area contributed by atoms with E-state index in [0.29, 0.717) is 17.1 Å². The van der Waals surface area contributed by atoms with E-state index in [4.69, 9.17) is 18.0 Å². The summed E-state index contributed by atoms with van der Waals surface area (Å²) >= 11 is 4.97. The van der Waals surface area contributed by atoms with Crippen LogP contribution in [-0.2, 0) is 6.54 Å². The molecule has 0 aliphatic rings. The fourth-order valence-corrected chi connectivity index (χ4v) is 2.19. The highest BCUT2D eigenvalue weighted by Gasteiger charge is 2.12. The topological polar surface area (TPSA) is 59.2 Å². The Morgan fingerprint density at radius 1 is 1.29 bits per heavy atom. The number of rotatable bonds is 4. The van der Waals surface area contributed by atoms with Crippen LogP contribution in [0.3, 0.4) is 0 Å². The molecule has 0 saturated carbocycles. The Morgan fingerprint density at radius 2 is 2.05 bits per heavy atom. The van der Waals surface area contributed by atoms with Crippen LogP contribution in [0.1, 0.15) is 27.2 Å². The minimum Gasteiger partial charge on any atom is -0.389 e. The molecule has 0 spiro atoms. The first-order valence-corrected chi connectivity index (χ1v) is 6.95. The largest absolute Gasteiger partial charge is 0.389 e. The molecule has 0 aliphatic carbocycles. The summed E-state index contributed by atoms with van der Waals surface area (Å²) in [5.41, 5.74) is 8.88. The molecule has 2 aromatic rings. The van der Waals surface area contributed by atoms with Crippen molar-refractivity contribution < 1.29 is 4.79 Å². The van der Waals surface area contributed by atoms with E-state index in [-0.39, 0.29) is 5.91 Å². The molecule has 0 fully saturated rings. The van der Waals surface area contributed by atoms with Crippen LogP contribution >= 0.6 is 12.2 Å². The highest BCUT2D eigenvalue weighted by molar-refractivity contribution is 7.80. The van der Waals surface area contributed by atoms with Crippen molar-refractivity contribution >= 4 is 23.1 Å². The van der Waals surface area contributed by atoms with Crippen molar-refractivity contribution in [3.63, 3.8) is 0 Å². The van der Waals surface area contributed by atoms with Crippen LogP contribution in [0.4, 0.5) is 0 Å². The minimum absolute atomic E-state index is 0.0405. The zero-order valence-electron chi connectivity index (χ0n) is 12.0. The van der Waals surface area contributed by atoms with E-state index >= 15 is 0 Å². The summed E-state index contributed by atoms with van der Waals surface area (Å²) in [6.07, 6.45) is 1.64. The zero-order valence-corrected chi connectivity index (χ0v) is 12.9. The van der Waals surface area contributed by atoms with Crippen LogP contribution in [0.2, 0.25) is 0 Å². The molecule has 0 atom stereocenters. The first kappa shape index (κ1) is 15.1. The number of benzene rings is 1. The predicted molar refractivity (Wildman–Crippen MR) is 87.1 cm³/mol. The van der Waals surface area contributed by atoms with Gasteiger partial charge in [-0.3, -0.25) is 9.78 Å². The Morgan fingerprint density at radius 3 is 2.71 bits per heavy atom. The van der Waals surface area contributed by atoms with Crippen LogP contribution in [0, 0.1) is 6.92 Å². The number of carbonyl (C=O) groups excluding carboxylic acids is 1. The van der Waals surface area contributed by atoms with Gasteiger partial charge < -0.3 is 10.6 Å². The second-order valence-electron chi connectivity index (χ2n) is 4.91. The zero-order chi connectivity index (χ0) is 15.4. The fourth-order valence-electron chi connectivity index (χ4n) is 2.07. The van der Waals surface area contributed by atoms with Gasteiger partial charge in [-0.05, 0) is 30.7 Å². The summed E-state index contributed by atoms with van der Waals surface area (Å²) in [5.74, 6) is -0.0405. The number of aryl methyl sites for hydroxylation is 1. The second kappa shape index (κ2) is 6.45. The first-order valence-electron chi connectivity index (χ1n) is 6.54. The molecule has 0 radical (unpaired) electrons. The maximum atomic E-state index is 12.4. The highest BCUT2D eigenvalue weighted by Crippen LogP contribution is 2.11. The van der Waals surface area contributed by atoms with Gasteiger partial charge in [-0.1, -0.05) is 30.4 Å². The molecule has 1 aromatic heterocycles. The molecule has 0 saturated heterocycles. The lowest BCUT2D eigenvalue weighted by Crippen LogP contribution is -2.26. The molecule has 21 heavy (non-hydrogen) atoms. The number of thiocarbonyl (C=S) groups is 1. The Balaban J connectivity index is 2.14. The monoisotopic (exact) mass is 299 g/mol. The van der Waals surface area contributed by atoms with Crippen LogP contribution in [0.5, 0.6) is 0 Å². The molecular weight excluding hydrogens is 282 g/mol. The third-order valence-electron chi connectivity index (χ3n) is 3.12. The number of nitrogens with two attached hydrogens (primary N) is 1. The molecule has 1 heterocycles. The van der Waals surface area contributed by atoms with Crippen molar-refractivity contribution in [2.24, 2.45) is 5.73 Å². The summed E-state index contributed by atoms with van der Waals surface area (Å²) < 4.78 is 0. The van der Waals surface area contributed by atoms with Crippen molar-refractivity contribution in [1.29, 1.82) is 0 Å². The van der Waals surface area contributed by atoms with Gasteiger partial charge in [0.2, 0.25) is 0 Å². The lowest BCUT2D eigenvalue weighted by Gasteiger charge is -2.18. The van der Waals surface area contributed by atoms with Gasteiger partial charge in [0.1, 0.15) is 4.99 Å². The number of carbonyl (C=O) groups is 1. The molecule has 0 unspecified atom stereocenters. The van der Waals surface area contributed by atoms with E-state index in [1.54, 1.807) is 30.3 Å². The van der Waals surface area contributed by atoms with Crippen LogP contribution < -0.4 is 5.73 Å². The maximum Gasteiger partial charge on any atom is 0.254 e. The van der Waals surface area contributed by atoms with Gasteiger partial charge in [0.15, 0.2) is 0 Å². The van der Waals surface area contributed by atoms with Gasteiger partial charge in [0.25, 0.3) is 5.91 Å². The van der Waals surface area contributed by atoms with Gasteiger partial charge >= 0.3 is 0 Å². The SMILES string of the molecule is Cc1cc(C(=O)N(C)Cc2cccc(C(N)=S)c2)ccn1. The van der Waals surface area contributed by atoms with Gasteiger partial charge in [-0.15, -0.1) is 0 Å². The lowest BCUT2D eigenvalue weighted by atomic mass is 10.1. The molecule has 108 valence electrons. The summed E-state index contributed by atoms with van der Waals surface area (Å²) in [7, 11) is 1.77. The highest BCUT2D eigenvalue weighted by atomic mass is 32.1. The summed E-state index contributed by atoms with van der Waals surface area (Å²) in [4.78, 5) is 18.5. The molecule has 1 amide bonds. The number of hydrogen-bond acceptors (Lipinski definition) is 3. The number of amides is 1. The quantitative estimate of drug-likeness (QED) is 0.880. The summed E-state index contributed by atoms with van der Waals surface area (Å²) in [6.45, 7) is 2.36. The van der Waals surface area contributed by atoms with E-state index in [2.05, 4.69) is 4.98 Å². The van der Waals surface area contributed by atoms with Crippen LogP contribution in [0.25, 0.3) is 0 Å². The Bertz CT molecular complexity index is 685. The Kier molecular flexibility index (Phi) is 4.65. The fraction of sp³-hybridized carbons (Fsp3) is 0.188. The maximum absolute atomic E-state index is 12.4. The van der Waals surface area contributed by atoms with Crippen LogP contribution in [0.15, 0.2) is 42.6 Å². The molecule has 0 bridgehead atoms. The van der Waals surface area contributed by atoms with Crippen molar-refractivity contribution in [3.05, 3.63) is 65.0 Å². The Labute approximate surface area is 129 Å². The van der Waals surface area contributed by atoms with Crippen molar-refractivity contribution in [2.45, 2.75) is 13.5 Å². The van der Waals surface area contributed by atoms with E-state index in [9.17, 15) is 4.79 Å². The first-order chi connectivity index (χ1) is 9.97. The third-order valence-corrected chi connectivity index (χ3v) is 3.36. The summed E-state index contributed by atoms with van der Waals surface area (Å²) in [5, 5.41) is 0. The second-order valence-corrected chi connectivity index (χ2v) is 5.35. The van der Waals surface area contributed by atoms with Crippen molar-refractivity contribution in [2.75, 3.05) is 7.05 Å². The molecule has 4 nitrogen and oxygen atoms in total. The minimum atomic E-state index is -0.0405. The van der Waals surface area contributed by atoms with E-state index in [0.717, 1.165) is 16.8 Å². The number of pyridine rings is 1. The number of aromatic nitrogens is 1. The van der Waals surface area contributed by atoms with Gasteiger partial charge in [-0.2, -0.15) is 0 Å². The van der Waals surface area contributed by atoms with Crippen molar-refractivity contribution in [1.82, 2.24) is 9.88 Å². The average molecular weight is 299 g/mol. The molecule has 2 rings (SSSR count). The van der Waals surface area contributed by atoms with E-state index in [1.165, 1.54) is 0 Å². The predicted octanol–water partition coefficient (Wildman–Crippen LogP) is 2.30. The average Bonchev–Trinajstić information content (AvgIpc) is 2.46. The van der Waals surface area contributed by atoms with E-state index in [1.807, 2.05) is 31.2 Å². The third kappa shape index (κ3) is 3.86. The van der Waals surface area contributed by atoms with Crippen molar-refractivity contribution in [3.8, 4) is 0 Å². The molecule has 0 aliphatic heterocycles. The summed E-state index contributed by atoms with van der Waals surface area (Å²) in [6, 6.07) is 11.1. The normalized spacial score (nSPS) is 10.2. The van der Waals surface area contributed by atoms with E-state index < -0.39 is 0 Å². The Hall–Kier alpha value is -2.27. The van der Waals surface area contributed by atoms with Crippen LogP contribution in [-0.4, -0.2) is 27.8 Å². The molecule has 1 aromatic carbocycles. The van der Waals surface area contributed by atoms with Gasteiger partial charge in [0.05, 0.1) is 0 Å². The lowest BCUT2D eigenvalue weighted by molar-refractivity contribution is 0.0785. The number of hydrogen-bond donors (Lipinski definition) is 1. The molecule has 2 N–H and O–H groups in total. The standard InChI is InChI=1S/C16H17N3OS/c1-11-8-14(6-7-18-11)16(20)19(2)10-12-4-3-5-13(9-12)15(17)21/h3-9H,10H2,1-2H3,(H2,17,21). The van der Waals surface area contributed by atoms with Gasteiger partial charge in [-0.25, -0.2) is 0 Å². The molecular formula is C16H17N3OS. The smallest absolute Gasteiger partial charge is 0.254 e.